The molecule has 1 aromatic carbocycles. The number of aromatic nitrogens is 3. The Balaban J connectivity index is 2.06. The summed E-state index contributed by atoms with van der Waals surface area (Å²) in [6.07, 6.45) is 1.19. The number of nitro groups is 1. The van der Waals surface area contributed by atoms with Crippen LogP contribution in [-0.2, 0) is 17.9 Å². The van der Waals surface area contributed by atoms with Crippen LogP contribution in [0.2, 0.25) is 0 Å². The Bertz CT molecular complexity index is 626. The molecule has 110 valence electrons. The van der Waals surface area contributed by atoms with E-state index in [1.165, 1.54) is 6.33 Å². The lowest BCUT2D eigenvalue weighted by Crippen LogP contribution is -2.33. The van der Waals surface area contributed by atoms with Crippen molar-refractivity contribution < 1.29 is 9.72 Å². The molecule has 8 nitrogen and oxygen atoms in total. The molecule has 0 saturated heterocycles. The second-order valence-electron chi connectivity index (χ2n) is 4.41. The van der Waals surface area contributed by atoms with E-state index in [0.717, 1.165) is 10.1 Å². The number of carbonyl (C=O) groups excluding carboxylic acids is 1. The molecule has 0 N–H and O–H groups in total. The first-order valence-corrected chi connectivity index (χ1v) is 6.45. The third kappa shape index (κ3) is 3.62. The van der Waals surface area contributed by atoms with E-state index in [2.05, 4.69) is 10.2 Å². The lowest BCUT2D eigenvalue weighted by Gasteiger charge is -2.20. The molecule has 2 rings (SSSR count). The normalized spacial score (nSPS) is 10.3. The first-order chi connectivity index (χ1) is 10.1. The van der Waals surface area contributed by atoms with Gasteiger partial charge < -0.3 is 15.0 Å². The fourth-order valence-corrected chi connectivity index (χ4v) is 1.93. The number of nitrogens with zero attached hydrogens (tertiary/aromatic N) is 5. The van der Waals surface area contributed by atoms with E-state index in [9.17, 15) is 14.9 Å². The number of hydrogen-bond acceptors (Lipinski definition) is 5. The highest BCUT2D eigenvalue weighted by Gasteiger charge is 2.21. The van der Waals surface area contributed by atoms with Crippen LogP contribution in [-0.4, -0.2) is 37.0 Å². The van der Waals surface area contributed by atoms with Gasteiger partial charge in [0.25, 0.3) is 5.91 Å². The molecule has 0 aliphatic rings. The molecule has 0 radical (unpaired) electrons. The largest absolute Gasteiger partial charge is 0.458 e. The Kier molecular flexibility index (Phi) is 4.60. The molecule has 0 aliphatic heterocycles. The van der Waals surface area contributed by atoms with Crippen molar-refractivity contribution in [3.8, 4) is 0 Å². The Morgan fingerprint density at radius 3 is 2.71 bits per heavy atom. The number of carbonyl (C=O) groups is 1. The third-order valence-electron chi connectivity index (χ3n) is 3.01. The minimum atomic E-state index is -0.659. The molecule has 0 aliphatic carbocycles. The van der Waals surface area contributed by atoms with Gasteiger partial charge in [-0.15, -0.1) is 0 Å². The Morgan fingerprint density at radius 2 is 2.10 bits per heavy atom. The molecule has 0 spiro atoms. The van der Waals surface area contributed by atoms with E-state index in [1.54, 1.807) is 4.90 Å². The molecule has 1 amide bonds. The summed E-state index contributed by atoms with van der Waals surface area (Å²) in [7, 11) is 0. The highest BCUT2D eigenvalue weighted by atomic mass is 16.6. The number of benzene rings is 1. The first-order valence-electron chi connectivity index (χ1n) is 6.45. The van der Waals surface area contributed by atoms with Gasteiger partial charge in [-0.2, -0.15) is 0 Å². The second kappa shape index (κ2) is 6.60. The molecule has 21 heavy (non-hydrogen) atoms. The van der Waals surface area contributed by atoms with Crippen molar-refractivity contribution in [2.75, 3.05) is 6.54 Å². The standard InChI is InChI=1S/C13H15N5O3/c1-2-16(8-11-6-4-3-5-7-11)12(19)9-17-10-14-15-13(17)18(20)21/h3-7,10H,2,8-9H2,1H3. The van der Waals surface area contributed by atoms with Gasteiger partial charge >= 0.3 is 5.95 Å². The summed E-state index contributed by atoms with van der Waals surface area (Å²) in [5.74, 6) is -0.650. The average Bonchev–Trinajstić information content (AvgIpc) is 2.94. The van der Waals surface area contributed by atoms with Crippen molar-refractivity contribution in [3.63, 3.8) is 0 Å². The molecular weight excluding hydrogens is 274 g/mol. The molecule has 0 fully saturated rings. The van der Waals surface area contributed by atoms with Crippen molar-refractivity contribution >= 4 is 11.9 Å². The highest BCUT2D eigenvalue weighted by Crippen LogP contribution is 2.09. The number of amides is 1. The van der Waals surface area contributed by atoms with Gasteiger partial charge in [0.2, 0.25) is 0 Å². The summed E-state index contributed by atoms with van der Waals surface area (Å²) >= 11 is 0. The Hall–Kier alpha value is -2.77. The van der Waals surface area contributed by atoms with Gasteiger partial charge in [-0.1, -0.05) is 30.3 Å². The van der Waals surface area contributed by atoms with Crippen LogP contribution in [0.25, 0.3) is 0 Å². The van der Waals surface area contributed by atoms with Crippen molar-refractivity contribution in [1.82, 2.24) is 19.7 Å². The summed E-state index contributed by atoms with van der Waals surface area (Å²) in [6.45, 7) is 2.70. The minimum Gasteiger partial charge on any atom is -0.390 e. The van der Waals surface area contributed by atoms with E-state index >= 15 is 0 Å². The predicted octanol–water partition coefficient (Wildman–Crippen LogP) is 1.23. The summed E-state index contributed by atoms with van der Waals surface area (Å²) in [6, 6.07) is 9.56. The van der Waals surface area contributed by atoms with Gasteiger partial charge in [0.05, 0.1) is 5.10 Å². The van der Waals surface area contributed by atoms with E-state index in [4.69, 9.17) is 0 Å². The smallest absolute Gasteiger partial charge is 0.390 e. The molecule has 0 unspecified atom stereocenters. The number of rotatable bonds is 6. The number of likely N-dealkylation sites (N-methyl/N-ethyl adjacent to an activating group) is 1. The molecule has 1 heterocycles. The third-order valence-corrected chi connectivity index (χ3v) is 3.01. The molecule has 0 bridgehead atoms. The zero-order chi connectivity index (χ0) is 15.2. The van der Waals surface area contributed by atoms with Crippen molar-refractivity contribution in [1.29, 1.82) is 0 Å². The average molecular weight is 289 g/mol. The maximum Gasteiger partial charge on any atom is 0.458 e. The molecule has 8 heteroatoms. The maximum absolute atomic E-state index is 12.2. The molecule has 0 saturated carbocycles. The summed E-state index contributed by atoms with van der Waals surface area (Å²) in [5, 5.41) is 17.6. The van der Waals surface area contributed by atoms with Crippen molar-refractivity contribution in [2.45, 2.75) is 20.0 Å². The summed E-state index contributed by atoms with van der Waals surface area (Å²) < 4.78 is 1.13. The van der Waals surface area contributed by atoms with Crippen molar-refractivity contribution in [2.24, 2.45) is 0 Å². The lowest BCUT2D eigenvalue weighted by molar-refractivity contribution is -0.397. The zero-order valence-electron chi connectivity index (χ0n) is 11.5. The van der Waals surface area contributed by atoms with Gasteiger partial charge in [0.1, 0.15) is 0 Å². The van der Waals surface area contributed by atoms with Crippen LogP contribution in [0, 0.1) is 10.1 Å². The topological polar surface area (TPSA) is 94.2 Å². The second-order valence-corrected chi connectivity index (χ2v) is 4.41. The van der Waals surface area contributed by atoms with Crippen LogP contribution in [0.1, 0.15) is 12.5 Å². The fraction of sp³-hybridized carbons (Fsp3) is 0.308. The van der Waals surface area contributed by atoms with Gasteiger partial charge in [0.15, 0.2) is 12.9 Å². The van der Waals surface area contributed by atoms with Gasteiger partial charge in [-0.3, -0.25) is 4.79 Å². The van der Waals surface area contributed by atoms with Crippen LogP contribution < -0.4 is 0 Å². The predicted molar refractivity (Wildman–Crippen MR) is 74.2 cm³/mol. The van der Waals surface area contributed by atoms with E-state index in [-0.39, 0.29) is 12.5 Å². The quantitative estimate of drug-likeness (QED) is 0.589. The van der Waals surface area contributed by atoms with Crippen molar-refractivity contribution in [3.05, 3.63) is 52.3 Å². The highest BCUT2D eigenvalue weighted by molar-refractivity contribution is 5.76. The van der Waals surface area contributed by atoms with Gasteiger partial charge in [-0.25, -0.2) is 4.57 Å². The zero-order valence-corrected chi connectivity index (χ0v) is 11.5. The first kappa shape index (κ1) is 14.6. The molecule has 1 aromatic heterocycles. The monoisotopic (exact) mass is 289 g/mol. The number of hydrogen-bond donors (Lipinski definition) is 0. The summed E-state index contributed by atoms with van der Waals surface area (Å²) in [4.78, 5) is 24.0. The van der Waals surface area contributed by atoms with Gasteiger partial charge in [-0.05, 0) is 22.5 Å². The Morgan fingerprint density at radius 1 is 1.38 bits per heavy atom. The molecule has 2 aromatic rings. The van der Waals surface area contributed by atoms with Crippen LogP contribution in [0.4, 0.5) is 5.95 Å². The Labute approximate surface area is 121 Å². The van der Waals surface area contributed by atoms with Crippen LogP contribution in [0.15, 0.2) is 36.7 Å². The van der Waals surface area contributed by atoms with Crippen LogP contribution >= 0.6 is 0 Å². The van der Waals surface area contributed by atoms with E-state index < -0.39 is 10.9 Å². The minimum absolute atomic E-state index is 0.149. The molecular formula is C13H15N5O3. The maximum atomic E-state index is 12.2. The van der Waals surface area contributed by atoms with E-state index in [1.807, 2.05) is 37.3 Å². The fourth-order valence-electron chi connectivity index (χ4n) is 1.93. The summed E-state index contributed by atoms with van der Waals surface area (Å²) in [5.41, 5.74) is 1.01. The van der Waals surface area contributed by atoms with E-state index in [0.29, 0.717) is 13.1 Å². The van der Waals surface area contributed by atoms with Gasteiger partial charge in [0, 0.05) is 13.1 Å². The molecule has 0 atom stereocenters. The van der Waals surface area contributed by atoms with Crippen LogP contribution in [0.5, 0.6) is 0 Å². The lowest BCUT2D eigenvalue weighted by atomic mass is 10.2. The SMILES string of the molecule is CCN(Cc1ccccc1)C(=O)Cn1cnnc1[N+](=O)[O-]. The van der Waals surface area contributed by atoms with Crippen LogP contribution in [0.3, 0.4) is 0 Å².